The molecule has 1 fully saturated rings. The van der Waals surface area contributed by atoms with Crippen LogP contribution in [0.15, 0.2) is 18.5 Å². The number of carbonyl (C=O) groups is 1. The summed E-state index contributed by atoms with van der Waals surface area (Å²) in [4.78, 5) is 12.1. The molecular weight excluding hydrogens is 292 g/mol. The maximum Gasteiger partial charge on any atom is 0.224 e. The van der Waals surface area contributed by atoms with Gasteiger partial charge in [-0.15, -0.1) is 0 Å². The average Bonchev–Trinajstić information content (AvgIpc) is 2.96. The second kappa shape index (κ2) is 7.04. The lowest BCUT2D eigenvalue weighted by atomic mass is 9.99. The summed E-state index contributed by atoms with van der Waals surface area (Å²) in [5, 5.41) is 6.98. The highest BCUT2D eigenvalue weighted by Gasteiger charge is 2.29. The van der Waals surface area contributed by atoms with Gasteiger partial charge in [-0.2, -0.15) is 5.10 Å². The van der Waals surface area contributed by atoms with Crippen molar-refractivity contribution in [3.05, 3.63) is 18.5 Å². The Morgan fingerprint density at radius 1 is 1.48 bits per heavy atom. The first kappa shape index (κ1) is 16.0. The van der Waals surface area contributed by atoms with E-state index in [1.54, 1.807) is 6.20 Å². The predicted octanol–water partition coefficient (Wildman–Crippen LogP) is 0.0610. The van der Waals surface area contributed by atoms with E-state index >= 15 is 0 Å². The number of sulfonamides is 1. The van der Waals surface area contributed by atoms with E-state index in [1.165, 1.54) is 10.6 Å². The van der Waals surface area contributed by atoms with Crippen LogP contribution in [0.5, 0.6) is 0 Å². The van der Waals surface area contributed by atoms with Crippen molar-refractivity contribution < 1.29 is 13.2 Å². The van der Waals surface area contributed by atoms with E-state index in [-0.39, 0.29) is 11.8 Å². The van der Waals surface area contributed by atoms with Crippen LogP contribution in [0.3, 0.4) is 0 Å². The molecule has 1 amide bonds. The topological polar surface area (TPSA) is 84.3 Å². The van der Waals surface area contributed by atoms with Crippen LogP contribution in [-0.2, 0) is 21.4 Å². The van der Waals surface area contributed by atoms with E-state index in [4.69, 9.17) is 0 Å². The predicted molar refractivity (Wildman–Crippen MR) is 79.0 cm³/mol. The molecule has 0 saturated carbocycles. The lowest BCUT2D eigenvalue weighted by Crippen LogP contribution is -2.45. The van der Waals surface area contributed by atoms with Crippen LogP contribution < -0.4 is 5.32 Å². The Balaban J connectivity index is 1.72. The summed E-state index contributed by atoms with van der Waals surface area (Å²) < 4.78 is 26.3. The second-order valence-corrected chi connectivity index (χ2v) is 7.36. The molecule has 7 nitrogen and oxygen atoms in total. The van der Waals surface area contributed by atoms with Crippen LogP contribution in [-0.4, -0.2) is 54.3 Å². The second-order valence-electron chi connectivity index (χ2n) is 5.37. The molecule has 2 rings (SSSR count). The maximum atomic E-state index is 12.1. The summed E-state index contributed by atoms with van der Waals surface area (Å²) in [6, 6.07) is 1.86. The summed E-state index contributed by atoms with van der Waals surface area (Å²) in [5.41, 5.74) is 0. The third-order valence-corrected chi connectivity index (χ3v) is 4.92. The zero-order chi connectivity index (χ0) is 15.3. The molecule has 1 saturated heterocycles. The fraction of sp³-hybridized carbons (Fsp3) is 0.692. The summed E-state index contributed by atoms with van der Waals surface area (Å²) >= 11 is 0. The van der Waals surface area contributed by atoms with E-state index in [0.29, 0.717) is 19.6 Å². The third-order valence-electron chi connectivity index (χ3n) is 3.65. The quantitative estimate of drug-likeness (QED) is 0.753. The van der Waals surface area contributed by atoms with Crippen molar-refractivity contribution in [3.8, 4) is 0 Å². The maximum absolute atomic E-state index is 12.1. The van der Waals surface area contributed by atoms with Crippen LogP contribution in [0.1, 0.15) is 19.3 Å². The van der Waals surface area contributed by atoms with Crippen molar-refractivity contribution in [3.63, 3.8) is 0 Å². The molecule has 21 heavy (non-hydrogen) atoms. The number of nitrogens with zero attached hydrogens (tertiary/aromatic N) is 3. The Kier molecular flexibility index (Phi) is 5.35. The standard InChI is InChI=1S/C13H22N4O3S/c1-21(19,20)17-10-2-5-12(11-17)13(18)14-6-3-8-16-9-4-7-15-16/h4,7,9,12H,2-3,5-6,8,10-11H2,1H3,(H,14,18). The first-order valence-corrected chi connectivity index (χ1v) is 9.02. The van der Waals surface area contributed by atoms with Crippen LogP contribution >= 0.6 is 0 Å². The summed E-state index contributed by atoms with van der Waals surface area (Å²) in [6.07, 6.45) is 7.08. The van der Waals surface area contributed by atoms with Crippen molar-refractivity contribution in [2.24, 2.45) is 5.92 Å². The number of piperidine rings is 1. The summed E-state index contributed by atoms with van der Waals surface area (Å²) in [7, 11) is -3.21. The van der Waals surface area contributed by atoms with Gasteiger partial charge in [-0.1, -0.05) is 0 Å². The molecular formula is C13H22N4O3S. The minimum absolute atomic E-state index is 0.0520. The number of carbonyl (C=O) groups excluding carboxylic acids is 1. The van der Waals surface area contributed by atoms with Crippen molar-refractivity contribution in [2.45, 2.75) is 25.8 Å². The summed E-state index contributed by atoms with van der Waals surface area (Å²) in [5.74, 6) is -0.290. The first-order chi connectivity index (χ1) is 9.97. The molecule has 0 spiro atoms. The summed E-state index contributed by atoms with van der Waals surface area (Å²) in [6.45, 7) is 2.15. The van der Waals surface area contributed by atoms with Gasteiger partial charge in [0.15, 0.2) is 0 Å². The van der Waals surface area contributed by atoms with E-state index in [1.807, 2.05) is 16.9 Å². The number of hydrogen-bond donors (Lipinski definition) is 1. The van der Waals surface area contributed by atoms with Crippen molar-refractivity contribution in [2.75, 3.05) is 25.9 Å². The molecule has 0 bridgehead atoms. The Morgan fingerprint density at radius 2 is 2.29 bits per heavy atom. The molecule has 0 aliphatic carbocycles. The van der Waals surface area contributed by atoms with Gasteiger partial charge in [0.25, 0.3) is 0 Å². The van der Waals surface area contributed by atoms with Gasteiger partial charge in [-0.3, -0.25) is 9.48 Å². The minimum Gasteiger partial charge on any atom is -0.356 e. The van der Waals surface area contributed by atoms with Crippen LogP contribution in [0.4, 0.5) is 0 Å². The van der Waals surface area contributed by atoms with Gasteiger partial charge < -0.3 is 5.32 Å². The molecule has 1 aliphatic rings. The molecule has 0 aromatic carbocycles. The Hall–Kier alpha value is -1.41. The molecule has 118 valence electrons. The van der Waals surface area contributed by atoms with Gasteiger partial charge in [0.1, 0.15) is 0 Å². The highest BCUT2D eigenvalue weighted by molar-refractivity contribution is 7.88. The molecule has 2 heterocycles. The molecule has 8 heteroatoms. The number of aromatic nitrogens is 2. The van der Waals surface area contributed by atoms with Crippen molar-refractivity contribution in [1.29, 1.82) is 0 Å². The molecule has 0 radical (unpaired) electrons. The fourth-order valence-electron chi connectivity index (χ4n) is 2.49. The minimum atomic E-state index is -3.21. The number of aryl methyl sites for hydroxylation is 1. The van der Waals surface area contributed by atoms with Gasteiger partial charge in [0.05, 0.1) is 12.2 Å². The number of nitrogens with one attached hydrogen (secondary N) is 1. The van der Waals surface area contributed by atoms with Crippen molar-refractivity contribution >= 4 is 15.9 Å². The molecule has 1 aromatic heterocycles. The van der Waals surface area contributed by atoms with Crippen LogP contribution in [0, 0.1) is 5.92 Å². The Labute approximate surface area is 125 Å². The van der Waals surface area contributed by atoms with E-state index in [2.05, 4.69) is 10.4 Å². The van der Waals surface area contributed by atoms with Gasteiger partial charge >= 0.3 is 0 Å². The van der Waals surface area contributed by atoms with Gasteiger partial charge in [0, 0.05) is 38.6 Å². The van der Waals surface area contributed by atoms with Crippen LogP contribution in [0.25, 0.3) is 0 Å². The average molecular weight is 314 g/mol. The normalized spacial score (nSPS) is 20.3. The third kappa shape index (κ3) is 4.82. The van der Waals surface area contributed by atoms with Crippen molar-refractivity contribution in [1.82, 2.24) is 19.4 Å². The molecule has 1 N–H and O–H groups in total. The number of rotatable bonds is 6. The van der Waals surface area contributed by atoms with Gasteiger partial charge in [-0.25, -0.2) is 12.7 Å². The highest BCUT2D eigenvalue weighted by Crippen LogP contribution is 2.18. The monoisotopic (exact) mass is 314 g/mol. The van der Waals surface area contributed by atoms with Gasteiger partial charge in [-0.05, 0) is 25.3 Å². The lowest BCUT2D eigenvalue weighted by Gasteiger charge is -2.30. The molecule has 1 aliphatic heterocycles. The molecule has 1 atom stereocenters. The fourth-order valence-corrected chi connectivity index (χ4v) is 3.40. The lowest BCUT2D eigenvalue weighted by molar-refractivity contribution is -0.126. The Morgan fingerprint density at radius 3 is 2.95 bits per heavy atom. The van der Waals surface area contributed by atoms with Gasteiger partial charge in [0.2, 0.25) is 15.9 Å². The van der Waals surface area contributed by atoms with E-state index in [9.17, 15) is 13.2 Å². The first-order valence-electron chi connectivity index (χ1n) is 7.17. The smallest absolute Gasteiger partial charge is 0.224 e. The van der Waals surface area contributed by atoms with E-state index < -0.39 is 10.0 Å². The largest absolute Gasteiger partial charge is 0.356 e. The number of hydrogen-bond acceptors (Lipinski definition) is 4. The zero-order valence-corrected chi connectivity index (χ0v) is 13.1. The molecule has 1 unspecified atom stereocenters. The van der Waals surface area contributed by atoms with Crippen LogP contribution in [0.2, 0.25) is 0 Å². The van der Waals surface area contributed by atoms with E-state index in [0.717, 1.165) is 25.8 Å². The number of amides is 1. The molecule has 1 aromatic rings. The Bertz CT molecular complexity index is 556. The highest BCUT2D eigenvalue weighted by atomic mass is 32.2. The zero-order valence-electron chi connectivity index (χ0n) is 12.2. The SMILES string of the molecule is CS(=O)(=O)N1CCCC(C(=O)NCCCn2cccn2)C1.